The first-order valence-electron chi connectivity index (χ1n) is 8.91. The molecule has 1 atom stereocenters. The van der Waals surface area contributed by atoms with Crippen molar-refractivity contribution < 1.29 is 9.47 Å². The number of rotatable bonds is 9. The van der Waals surface area contributed by atoms with Crippen molar-refractivity contribution >= 4 is 5.96 Å². The van der Waals surface area contributed by atoms with Crippen molar-refractivity contribution in [1.82, 2.24) is 15.5 Å². The summed E-state index contributed by atoms with van der Waals surface area (Å²) in [7, 11) is 1.80. The zero-order chi connectivity index (χ0) is 17.1. The number of nitrogens with zero attached hydrogens (tertiary/aromatic N) is 2. The molecule has 1 aliphatic heterocycles. The van der Waals surface area contributed by atoms with Crippen LogP contribution in [0.3, 0.4) is 0 Å². The van der Waals surface area contributed by atoms with Crippen LogP contribution in [0.15, 0.2) is 4.99 Å². The average molecular weight is 329 g/mol. The molecule has 1 heterocycles. The van der Waals surface area contributed by atoms with Crippen molar-refractivity contribution in [3.63, 3.8) is 0 Å². The Morgan fingerprint density at radius 1 is 1.30 bits per heavy atom. The van der Waals surface area contributed by atoms with Gasteiger partial charge in [-0.1, -0.05) is 13.8 Å². The van der Waals surface area contributed by atoms with E-state index in [4.69, 9.17) is 9.47 Å². The first kappa shape index (κ1) is 20.2. The predicted molar refractivity (Wildman–Crippen MR) is 96.1 cm³/mol. The summed E-state index contributed by atoms with van der Waals surface area (Å²) in [5.41, 5.74) is 0. The van der Waals surface area contributed by atoms with E-state index in [9.17, 15) is 0 Å². The fraction of sp³-hybridized carbons (Fsp3) is 0.941. The van der Waals surface area contributed by atoms with Crippen LogP contribution in [-0.4, -0.2) is 76.1 Å². The molecule has 6 nitrogen and oxygen atoms in total. The monoisotopic (exact) mass is 328 g/mol. The summed E-state index contributed by atoms with van der Waals surface area (Å²) in [6.45, 7) is 15.0. The molecule has 0 aromatic heterocycles. The Morgan fingerprint density at radius 2 is 2.09 bits per heavy atom. The quantitative estimate of drug-likeness (QED) is 0.380. The van der Waals surface area contributed by atoms with Gasteiger partial charge in [0.1, 0.15) is 0 Å². The molecule has 6 heteroatoms. The lowest BCUT2D eigenvalue weighted by molar-refractivity contribution is -0.0284. The van der Waals surface area contributed by atoms with Crippen LogP contribution < -0.4 is 10.6 Å². The van der Waals surface area contributed by atoms with E-state index in [1.54, 1.807) is 7.05 Å². The van der Waals surface area contributed by atoms with Crippen LogP contribution in [0.5, 0.6) is 0 Å². The Bertz CT molecular complexity index is 335. The van der Waals surface area contributed by atoms with E-state index in [2.05, 4.69) is 48.2 Å². The Labute approximate surface area is 142 Å². The predicted octanol–water partition coefficient (Wildman–Crippen LogP) is 1.32. The molecule has 0 bridgehead atoms. The summed E-state index contributed by atoms with van der Waals surface area (Å²) in [6, 6.07) is 0. The van der Waals surface area contributed by atoms with Gasteiger partial charge in [0.2, 0.25) is 0 Å². The summed E-state index contributed by atoms with van der Waals surface area (Å²) in [4.78, 5) is 6.74. The van der Waals surface area contributed by atoms with E-state index >= 15 is 0 Å². The number of ether oxygens (including phenoxy) is 2. The van der Waals surface area contributed by atoms with Gasteiger partial charge in [0, 0.05) is 46.4 Å². The smallest absolute Gasteiger partial charge is 0.191 e. The molecule has 0 radical (unpaired) electrons. The van der Waals surface area contributed by atoms with E-state index in [-0.39, 0.29) is 6.10 Å². The van der Waals surface area contributed by atoms with E-state index in [0.29, 0.717) is 12.0 Å². The fourth-order valence-electron chi connectivity index (χ4n) is 2.62. The number of hydrogen-bond donors (Lipinski definition) is 2. The number of aliphatic imine (C=N–C) groups is 1. The SMILES string of the molecule is CN=C(NCCCOC(C)C)NCC1CN(CC(C)C)CCO1. The second-order valence-corrected chi connectivity index (χ2v) is 6.80. The average Bonchev–Trinajstić information content (AvgIpc) is 2.49. The standard InChI is InChI=1S/C17H36N4O2/c1-14(2)12-21-8-10-23-16(13-21)11-20-17(18-5)19-7-6-9-22-15(3)4/h14-16H,6-13H2,1-5H3,(H2,18,19,20). The van der Waals surface area contributed by atoms with E-state index in [1.807, 2.05) is 0 Å². The van der Waals surface area contributed by atoms with Gasteiger partial charge >= 0.3 is 0 Å². The second kappa shape index (κ2) is 11.6. The molecule has 1 rings (SSSR count). The molecule has 2 N–H and O–H groups in total. The van der Waals surface area contributed by atoms with Gasteiger partial charge in [0.05, 0.1) is 18.8 Å². The Morgan fingerprint density at radius 3 is 2.74 bits per heavy atom. The van der Waals surface area contributed by atoms with Gasteiger partial charge in [-0.25, -0.2) is 0 Å². The van der Waals surface area contributed by atoms with E-state index in [0.717, 1.165) is 58.3 Å². The van der Waals surface area contributed by atoms with Crippen molar-refractivity contribution in [3.05, 3.63) is 0 Å². The maximum absolute atomic E-state index is 5.85. The van der Waals surface area contributed by atoms with Gasteiger partial charge in [0.15, 0.2) is 5.96 Å². The molecule has 23 heavy (non-hydrogen) atoms. The van der Waals surface area contributed by atoms with Gasteiger partial charge in [-0.2, -0.15) is 0 Å². The van der Waals surface area contributed by atoms with Crippen LogP contribution in [0.4, 0.5) is 0 Å². The second-order valence-electron chi connectivity index (χ2n) is 6.80. The zero-order valence-electron chi connectivity index (χ0n) is 15.6. The summed E-state index contributed by atoms with van der Waals surface area (Å²) in [5, 5.41) is 6.67. The van der Waals surface area contributed by atoms with Crippen molar-refractivity contribution in [2.75, 3.05) is 53.0 Å². The molecule has 1 unspecified atom stereocenters. The van der Waals surface area contributed by atoms with Crippen LogP contribution in [0, 0.1) is 5.92 Å². The Kier molecular flexibility index (Phi) is 10.2. The maximum Gasteiger partial charge on any atom is 0.191 e. The van der Waals surface area contributed by atoms with Crippen LogP contribution >= 0.6 is 0 Å². The third kappa shape index (κ3) is 9.79. The summed E-state index contributed by atoms with van der Waals surface area (Å²) >= 11 is 0. The van der Waals surface area contributed by atoms with Crippen LogP contribution in [0.25, 0.3) is 0 Å². The summed E-state index contributed by atoms with van der Waals surface area (Å²) in [6.07, 6.45) is 1.50. The fourth-order valence-corrected chi connectivity index (χ4v) is 2.62. The minimum Gasteiger partial charge on any atom is -0.379 e. The molecule has 136 valence electrons. The first-order chi connectivity index (χ1) is 11.0. The third-order valence-corrected chi connectivity index (χ3v) is 3.63. The van der Waals surface area contributed by atoms with Gasteiger partial charge < -0.3 is 20.1 Å². The van der Waals surface area contributed by atoms with Crippen LogP contribution in [-0.2, 0) is 9.47 Å². The first-order valence-corrected chi connectivity index (χ1v) is 8.91. The molecular weight excluding hydrogens is 292 g/mol. The van der Waals surface area contributed by atoms with Gasteiger partial charge in [0.25, 0.3) is 0 Å². The molecule has 0 spiro atoms. The number of hydrogen-bond acceptors (Lipinski definition) is 4. The lowest BCUT2D eigenvalue weighted by Crippen LogP contribution is -2.50. The minimum atomic E-state index is 0.227. The molecule has 1 aliphatic rings. The molecule has 1 saturated heterocycles. The number of morpholine rings is 1. The van der Waals surface area contributed by atoms with Crippen molar-refractivity contribution in [3.8, 4) is 0 Å². The molecular formula is C17H36N4O2. The maximum atomic E-state index is 5.85. The highest BCUT2D eigenvalue weighted by Crippen LogP contribution is 2.07. The normalized spacial score (nSPS) is 20.3. The van der Waals surface area contributed by atoms with Crippen molar-refractivity contribution in [1.29, 1.82) is 0 Å². The van der Waals surface area contributed by atoms with Crippen molar-refractivity contribution in [2.24, 2.45) is 10.9 Å². The minimum absolute atomic E-state index is 0.227. The highest BCUT2D eigenvalue weighted by molar-refractivity contribution is 5.79. The largest absolute Gasteiger partial charge is 0.379 e. The molecule has 0 aromatic rings. The molecule has 0 saturated carbocycles. The summed E-state index contributed by atoms with van der Waals surface area (Å²) < 4.78 is 11.4. The van der Waals surface area contributed by atoms with Crippen LogP contribution in [0.2, 0.25) is 0 Å². The van der Waals surface area contributed by atoms with Crippen LogP contribution in [0.1, 0.15) is 34.1 Å². The van der Waals surface area contributed by atoms with E-state index < -0.39 is 0 Å². The van der Waals surface area contributed by atoms with Gasteiger partial charge in [-0.15, -0.1) is 0 Å². The zero-order valence-corrected chi connectivity index (χ0v) is 15.6. The lowest BCUT2D eigenvalue weighted by atomic mass is 10.2. The van der Waals surface area contributed by atoms with Gasteiger partial charge in [-0.3, -0.25) is 9.89 Å². The van der Waals surface area contributed by atoms with Gasteiger partial charge in [-0.05, 0) is 26.2 Å². The molecule has 1 fully saturated rings. The molecule has 0 aromatic carbocycles. The van der Waals surface area contributed by atoms with E-state index in [1.165, 1.54) is 0 Å². The highest BCUT2D eigenvalue weighted by Gasteiger charge is 2.20. The lowest BCUT2D eigenvalue weighted by Gasteiger charge is -2.34. The Hall–Kier alpha value is -0.850. The van der Waals surface area contributed by atoms with Crippen molar-refractivity contribution in [2.45, 2.75) is 46.3 Å². The molecule has 0 amide bonds. The summed E-state index contributed by atoms with van der Waals surface area (Å²) in [5.74, 6) is 1.53. The highest BCUT2D eigenvalue weighted by atomic mass is 16.5. The number of guanidine groups is 1. The molecule has 0 aliphatic carbocycles. The Balaban J connectivity index is 2.18. The third-order valence-electron chi connectivity index (χ3n) is 3.63. The number of nitrogens with one attached hydrogen (secondary N) is 2. The topological polar surface area (TPSA) is 58.1 Å².